The van der Waals surface area contributed by atoms with Crippen LogP contribution in [0.2, 0.25) is 0 Å². The second-order valence-corrected chi connectivity index (χ2v) is 3.94. The predicted octanol–water partition coefficient (Wildman–Crippen LogP) is 1.86. The van der Waals surface area contributed by atoms with Gasteiger partial charge in [-0.3, -0.25) is 4.90 Å². The number of aliphatic hydroxyl groups excluding tert-OH is 1. The third kappa shape index (κ3) is 4.60. The van der Waals surface area contributed by atoms with Gasteiger partial charge >= 0.3 is 0 Å². The highest BCUT2D eigenvalue weighted by Gasteiger charge is 2.07. The minimum absolute atomic E-state index is 0.216. The molecule has 1 rings (SSSR count). The Morgan fingerprint density at radius 2 is 2.27 bits per heavy atom. The van der Waals surface area contributed by atoms with Gasteiger partial charge in [-0.15, -0.1) is 11.6 Å². The number of halogens is 2. The summed E-state index contributed by atoms with van der Waals surface area (Å²) >= 11 is 5.49. The first kappa shape index (κ1) is 12.4. The van der Waals surface area contributed by atoms with Crippen LogP contribution in [0, 0.1) is 5.82 Å². The molecule has 15 heavy (non-hydrogen) atoms. The minimum Gasteiger partial charge on any atom is -0.391 e. The molecule has 0 heterocycles. The van der Waals surface area contributed by atoms with Crippen molar-refractivity contribution in [3.8, 4) is 0 Å². The zero-order valence-corrected chi connectivity index (χ0v) is 9.41. The Hall–Kier alpha value is -0.640. The Morgan fingerprint density at radius 1 is 1.53 bits per heavy atom. The zero-order valence-electron chi connectivity index (χ0n) is 8.66. The first-order valence-electron chi connectivity index (χ1n) is 4.79. The van der Waals surface area contributed by atoms with Crippen molar-refractivity contribution in [1.29, 1.82) is 0 Å². The molecule has 0 amide bonds. The molecule has 1 aromatic carbocycles. The molecule has 0 saturated carbocycles. The van der Waals surface area contributed by atoms with Gasteiger partial charge in [0.05, 0.1) is 6.10 Å². The first-order chi connectivity index (χ1) is 7.11. The molecule has 0 aliphatic carbocycles. The SMILES string of the molecule is CN(Cc1cccc(F)c1)CC(O)CCl. The van der Waals surface area contributed by atoms with Crippen LogP contribution in [0.25, 0.3) is 0 Å². The lowest BCUT2D eigenvalue weighted by Crippen LogP contribution is -2.29. The van der Waals surface area contributed by atoms with Crippen LogP contribution < -0.4 is 0 Å². The van der Waals surface area contributed by atoms with Gasteiger partial charge in [0.25, 0.3) is 0 Å². The molecule has 1 unspecified atom stereocenters. The van der Waals surface area contributed by atoms with Gasteiger partial charge in [0.1, 0.15) is 5.82 Å². The summed E-state index contributed by atoms with van der Waals surface area (Å²) < 4.78 is 12.9. The van der Waals surface area contributed by atoms with Crippen LogP contribution in [-0.2, 0) is 6.54 Å². The lowest BCUT2D eigenvalue weighted by atomic mass is 10.2. The Labute approximate surface area is 94.3 Å². The highest BCUT2D eigenvalue weighted by Crippen LogP contribution is 2.06. The van der Waals surface area contributed by atoms with Crippen molar-refractivity contribution in [3.63, 3.8) is 0 Å². The fourth-order valence-electron chi connectivity index (χ4n) is 1.42. The first-order valence-corrected chi connectivity index (χ1v) is 5.32. The standard InChI is InChI=1S/C11H15ClFNO/c1-14(8-11(15)6-12)7-9-3-2-4-10(13)5-9/h2-5,11,15H,6-8H2,1H3. The second-order valence-electron chi connectivity index (χ2n) is 3.63. The highest BCUT2D eigenvalue weighted by atomic mass is 35.5. The maximum Gasteiger partial charge on any atom is 0.123 e. The van der Waals surface area contributed by atoms with Crippen molar-refractivity contribution in [3.05, 3.63) is 35.6 Å². The fourth-order valence-corrected chi connectivity index (χ4v) is 1.52. The van der Waals surface area contributed by atoms with E-state index in [0.29, 0.717) is 13.1 Å². The number of alkyl halides is 1. The summed E-state index contributed by atoms with van der Waals surface area (Å²) in [7, 11) is 1.86. The molecule has 0 radical (unpaired) electrons. The molecule has 0 fully saturated rings. The van der Waals surface area contributed by atoms with Crippen LogP contribution in [-0.4, -0.2) is 35.6 Å². The fraction of sp³-hybridized carbons (Fsp3) is 0.455. The molecule has 0 bridgehead atoms. The molecular weight excluding hydrogens is 217 g/mol. The van der Waals surface area contributed by atoms with Crippen LogP contribution in [0.3, 0.4) is 0 Å². The summed E-state index contributed by atoms with van der Waals surface area (Å²) in [5, 5.41) is 9.31. The second kappa shape index (κ2) is 6.05. The van der Waals surface area contributed by atoms with Crippen molar-refractivity contribution in [2.24, 2.45) is 0 Å². The molecule has 0 aliphatic heterocycles. The maximum atomic E-state index is 12.9. The predicted molar refractivity (Wildman–Crippen MR) is 59.5 cm³/mol. The summed E-state index contributed by atoms with van der Waals surface area (Å²) in [5.74, 6) is -0.0215. The van der Waals surface area contributed by atoms with Gasteiger partial charge in [0.2, 0.25) is 0 Å². The smallest absolute Gasteiger partial charge is 0.123 e. The molecule has 0 spiro atoms. The average Bonchev–Trinajstić information content (AvgIpc) is 2.17. The number of likely N-dealkylation sites (N-methyl/N-ethyl adjacent to an activating group) is 1. The number of benzene rings is 1. The van der Waals surface area contributed by atoms with Crippen LogP contribution in [0.1, 0.15) is 5.56 Å². The molecule has 2 nitrogen and oxygen atoms in total. The van der Waals surface area contributed by atoms with E-state index >= 15 is 0 Å². The van der Waals surface area contributed by atoms with E-state index in [9.17, 15) is 9.50 Å². The molecule has 1 aromatic rings. The number of nitrogens with zero attached hydrogens (tertiary/aromatic N) is 1. The lowest BCUT2D eigenvalue weighted by Gasteiger charge is -2.19. The summed E-state index contributed by atoms with van der Waals surface area (Å²) in [5.41, 5.74) is 0.888. The molecule has 84 valence electrons. The van der Waals surface area contributed by atoms with Gasteiger partial charge in [-0.25, -0.2) is 4.39 Å². The van der Waals surface area contributed by atoms with Crippen molar-refractivity contribution < 1.29 is 9.50 Å². The topological polar surface area (TPSA) is 23.5 Å². The van der Waals surface area contributed by atoms with Crippen LogP contribution >= 0.6 is 11.6 Å². The van der Waals surface area contributed by atoms with Gasteiger partial charge < -0.3 is 5.11 Å². The van der Waals surface area contributed by atoms with Gasteiger partial charge in [0, 0.05) is 19.0 Å². The number of hydrogen-bond acceptors (Lipinski definition) is 2. The molecule has 0 saturated heterocycles. The van der Waals surface area contributed by atoms with Crippen LogP contribution in [0.4, 0.5) is 4.39 Å². The average molecular weight is 232 g/mol. The zero-order chi connectivity index (χ0) is 11.3. The molecule has 4 heteroatoms. The molecular formula is C11H15ClFNO. The monoisotopic (exact) mass is 231 g/mol. The van der Waals surface area contributed by atoms with E-state index < -0.39 is 6.10 Å². The van der Waals surface area contributed by atoms with E-state index in [1.165, 1.54) is 12.1 Å². The number of rotatable bonds is 5. The van der Waals surface area contributed by atoms with E-state index in [1.807, 2.05) is 18.0 Å². The molecule has 1 atom stereocenters. The summed E-state index contributed by atoms with van der Waals surface area (Å²) in [6.45, 7) is 1.09. The van der Waals surface area contributed by atoms with Gasteiger partial charge in [0.15, 0.2) is 0 Å². The quantitative estimate of drug-likeness (QED) is 0.782. The number of hydrogen-bond donors (Lipinski definition) is 1. The highest BCUT2D eigenvalue weighted by molar-refractivity contribution is 6.18. The Balaban J connectivity index is 2.47. The van der Waals surface area contributed by atoms with Crippen molar-refractivity contribution >= 4 is 11.6 Å². The third-order valence-electron chi connectivity index (χ3n) is 2.04. The summed E-state index contributed by atoms with van der Waals surface area (Å²) in [6.07, 6.45) is -0.537. The summed E-state index contributed by atoms with van der Waals surface area (Å²) in [4.78, 5) is 1.90. The Kier molecular flexibility index (Phi) is 5.02. The largest absolute Gasteiger partial charge is 0.391 e. The Morgan fingerprint density at radius 3 is 2.87 bits per heavy atom. The summed E-state index contributed by atoms with van der Waals surface area (Å²) in [6, 6.07) is 6.43. The van der Waals surface area contributed by atoms with E-state index in [1.54, 1.807) is 6.07 Å². The van der Waals surface area contributed by atoms with Crippen molar-refractivity contribution in [1.82, 2.24) is 4.90 Å². The van der Waals surface area contributed by atoms with E-state index in [-0.39, 0.29) is 11.7 Å². The van der Waals surface area contributed by atoms with Crippen molar-refractivity contribution in [2.45, 2.75) is 12.6 Å². The van der Waals surface area contributed by atoms with Gasteiger partial charge in [-0.2, -0.15) is 0 Å². The molecule has 0 aromatic heterocycles. The van der Waals surface area contributed by atoms with Gasteiger partial charge in [-0.05, 0) is 24.7 Å². The third-order valence-corrected chi connectivity index (χ3v) is 2.40. The molecule has 0 aliphatic rings. The van der Waals surface area contributed by atoms with E-state index in [0.717, 1.165) is 5.56 Å². The van der Waals surface area contributed by atoms with E-state index in [4.69, 9.17) is 11.6 Å². The van der Waals surface area contributed by atoms with Crippen molar-refractivity contribution in [2.75, 3.05) is 19.5 Å². The van der Waals surface area contributed by atoms with Crippen LogP contribution in [0.15, 0.2) is 24.3 Å². The maximum absolute atomic E-state index is 12.9. The minimum atomic E-state index is -0.537. The number of aliphatic hydroxyl groups is 1. The lowest BCUT2D eigenvalue weighted by molar-refractivity contribution is 0.141. The molecule has 1 N–H and O–H groups in total. The Bertz CT molecular complexity index is 308. The normalized spacial score (nSPS) is 13.1. The van der Waals surface area contributed by atoms with E-state index in [2.05, 4.69) is 0 Å². The van der Waals surface area contributed by atoms with Crippen LogP contribution in [0.5, 0.6) is 0 Å². The van der Waals surface area contributed by atoms with Gasteiger partial charge in [-0.1, -0.05) is 12.1 Å².